The van der Waals surface area contributed by atoms with Crippen LogP contribution < -0.4 is 10.1 Å². The van der Waals surface area contributed by atoms with Gasteiger partial charge in [-0.15, -0.1) is 0 Å². The molecule has 2 aromatic rings. The van der Waals surface area contributed by atoms with Crippen LogP contribution in [0.15, 0.2) is 47.4 Å². The largest absolute Gasteiger partial charge is 0.493 e. The number of nitrogens with zero attached hydrogens (tertiary/aromatic N) is 1. The molecule has 7 nitrogen and oxygen atoms in total. The number of hydrogen-bond acceptors (Lipinski definition) is 5. The number of ether oxygens (including phenoxy) is 2. The molecule has 0 bridgehead atoms. The highest BCUT2D eigenvalue weighted by Gasteiger charge is 2.30. The lowest BCUT2D eigenvalue weighted by molar-refractivity contribution is 0.0730. The van der Waals surface area contributed by atoms with Crippen LogP contribution in [0.25, 0.3) is 0 Å². The first kappa shape index (κ1) is 20.2. The number of amides is 1. The van der Waals surface area contributed by atoms with Crippen LogP contribution in [-0.2, 0) is 14.8 Å². The van der Waals surface area contributed by atoms with Crippen molar-refractivity contribution in [1.29, 1.82) is 0 Å². The molecule has 1 amide bonds. The maximum atomic E-state index is 13.0. The van der Waals surface area contributed by atoms with E-state index in [0.717, 1.165) is 11.3 Å². The molecule has 4 rings (SSSR count). The normalized spacial score (nSPS) is 19.8. The summed E-state index contributed by atoms with van der Waals surface area (Å²) in [5.41, 5.74) is 1.15. The average Bonchev–Trinajstić information content (AvgIpc) is 2.75. The molecule has 1 fully saturated rings. The summed E-state index contributed by atoms with van der Waals surface area (Å²) < 4.78 is 38.1. The second-order valence-corrected chi connectivity index (χ2v) is 9.18. The van der Waals surface area contributed by atoms with Gasteiger partial charge in [-0.3, -0.25) is 4.79 Å². The quantitative estimate of drug-likeness (QED) is 0.796. The smallest absolute Gasteiger partial charge is 0.251 e. The van der Waals surface area contributed by atoms with E-state index in [0.29, 0.717) is 26.2 Å². The summed E-state index contributed by atoms with van der Waals surface area (Å²) >= 11 is 6.18. The highest BCUT2D eigenvalue weighted by molar-refractivity contribution is 7.89. The number of halogens is 1. The summed E-state index contributed by atoms with van der Waals surface area (Å²) in [5.74, 6) is 0.387. The Kier molecular flexibility index (Phi) is 5.78. The minimum absolute atomic E-state index is 0.0684. The van der Waals surface area contributed by atoms with E-state index in [1.807, 2.05) is 24.3 Å². The third-order valence-corrected chi connectivity index (χ3v) is 7.43. The summed E-state index contributed by atoms with van der Waals surface area (Å²) in [6, 6.07) is 11.7. The number of para-hydroxylation sites is 1. The SMILES string of the molecule is O=C(NC1CCOc2ccccc21)c1ccc(Cl)c(S(=O)(=O)N2CCOCC2)c1. The molecule has 0 aliphatic carbocycles. The monoisotopic (exact) mass is 436 g/mol. The highest BCUT2D eigenvalue weighted by atomic mass is 35.5. The van der Waals surface area contributed by atoms with Crippen LogP contribution in [0.2, 0.25) is 5.02 Å². The Balaban J connectivity index is 1.58. The topological polar surface area (TPSA) is 84.9 Å². The Hall–Kier alpha value is -2.13. The molecule has 1 N–H and O–H groups in total. The van der Waals surface area contributed by atoms with E-state index in [2.05, 4.69) is 5.32 Å². The minimum atomic E-state index is -3.81. The summed E-state index contributed by atoms with van der Waals surface area (Å²) in [7, 11) is -3.81. The van der Waals surface area contributed by atoms with Crippen LogP contribution in [0.1, 0.15) is 28.4 Å². The van der Waals surface area contributed by atoms with Gasteiger partial charge in [-0.2, -0.15) is 4.31 Å². The summed E-state index contributed by atoms with van der Waals surface area (Å²) in [5, 5.41) is 3.07. The lowest BCUT2D eigenvalue weighted by Crippen LogP contribution is -2.40. The van der Waals surface area contributed by atoms with Gasteiger partial charge >= 0.3 is 0 Å². The molecular formula is C20H21ClN2O5S. The van der Waals surface area contributed by atoms with E-state index in [1.54, 1.807) is 0 Å². The minimum Gasteiger partial charge on any atom is -0.493 e. The van der Waals surface area contributed by atoms with Crippen LogP contribution in [0, 0.1) is 0 Å². The van der Waals surface area contributed by atoms with Crippen molar-refractivity contribution >= 4 is 27.5 Å². The van der Waals surface area contributed by atoms with E-state index < -0.39 is 10.0 Å². The van der Waals surface area contributed by atoms with Gasteiger partial charge in [-0.25, -0.2) is 8.42 Å². The van der Waals surface area contributed by atoms with Crippen molar-refractivity contribution in [2.24, 2.45) is 0 Å². The number of carbonyl (C=O) groups excluding carboxylic acids is 1. The Morgan fingerprint density at radius 3 is 2.66 bits per heavy atom. The summed E-state index contributed by atoms with van der Waals surface area (Å²) in [6.07, 6.45) is 0.634. The third kappa shape index (κ3) is 4.11. The summed E-state index contributed by atoms with van der Waals surface area (Å²) in [4.78, 5) is 12.8. The fourth-order valence-electron chi connectivity index (χ4n) is 3.50. The van der Waals surface area contributed by atoms with Crippen molar-refractivity contribution in [3.8, 4) is 5.75 Å². The van der Waals surface area contributed by atoms with Gasteiger partial charge in [0.15, 0.2) is 0 Å². The molecule has 0 radical (unpaired) electrons. The van der Waals surface area contributed by atoms with Crippen molar-refractivity contribution in [1.82, 2.24) is 9.62 Å². The lowest BCUT2D eigenvalue weighted by atomic mass is 10.00. The number of rotatable bonds is 4. The molecule has 154 valence electrons. The van der Waals surface area contributed by atoms with Crippen molar-refractivity contribution in [2.45, 2.75) is 17.4 Å². The lowest BCUT2D eigenvalue weighted by Gasteiger charge is -2.27. The number of benzene rings is 2. The van der Waals surface area contributed by atoms with Crippen LogP contribution >= 0.6 is 11.6 Å². The number of carbonyl (C=O) groups is 1. The number of fused-ring (bicyclic) bond motifs is 1. The molecule has 0 spiro atoms. The Labute approximate surface area is 174 Å². The molecule has 9 heteroatoms. The maximum absolute atomic E-state index is 13.0. The van der Waals surface area contributed by atoms with Crippen LogP contribution in [0.4, 0.5) is 0 Å². The van der Waals surface area contributed by atoms with E-state index in [9.17, 15) is 13.2 Å². The molecule has 2 heterocycles. The van der Waals surface area contributed by atoms with Gasteiger partial charge in [-0.1, -0.05) is 29.8 Å². The molecule has 1 saturated heterocycles. The zero-order chi connectivity index (χ0) is 20.4. The fourth-order valence-corrected chi connectivity index (χ4v) is 5.41. The second-order valence-electron chi connectivity index (χ2n) is 6.86. The zero-order valence-electron chi connectivity index (χ0n) is 15.6. The van der Waals surface area contributed by atoms with Gasteiger partial charge in [0.05, 0.1) is 30.9 Å². The maximum Gasteiger partial charge on any atom is 0.251 e. The predicted molar refractivity (Wildman–Crippen MR) is 108 cm³/mol. The molecule has 0 aromatic heterocycles. The van der Waals surface area contributed by atoms with E-state index in [4.69, 9.17) is 21.1 Å². The average molecular weight is 437 g/mol. The Morgan fingerprint density at radius 1 is 1.10 bits per heavy atom. The second kappa shape index (κ2) is 8.31. The highest BCUT2D eigenvalue weighted by Crippen LogP contribution is 2.32. The first-order chi connectivity index (χ1) is 14.0. The van der Waals surface area contributed by atoms with Gasteiger partial charge < -0.3 is 14.8 Å². The van der Waals surface area contributed by atoms with Gasteiger partial charge in [0, 0.05) is 30.6 Å². The van der Waals surface area contributed by atoms with E-state index in [-0.39, 0.29) is 40.5 Å². The van der Waals surface area contributed by atoms with Crippen molar-refractivity contribution in [2.75, 3.05) is 32.9 Å². The molecule has 29 heavy (non-hydrogen) atoms. The third-order valence-electron chi connectivity index (χ3n) is 5.05. The van der Waals surface area contributed by atoms with Crippen molar-refractivity contribution in [3.05, 3.63) is 58.6 Å². The van der Waals surface area contributed by atoms with E-state index >= 15 is 0 Å². The molecule has 0 saturated carbocycles. The van der Waals surface area contributed by atoms with Gasteiger partial charge in [-0.05, 0) is 24.3 Å². The predicted octanol–water partition coefficient (Wildman–Crippen LogP) is 2.61. The van der Waals surface area contributed by atoms with Gasteiger partial charge in [0.25, 0.3) is 5.91 Å². The molecule has 2 aliphatic heterocycles. The number of hydrogen-bond donors (Lipinski definition) is 1. The van der Waals surface area contributed by atoms with E-state index in [1.165, 1.54) is 22.5 Å². The molecule has 2 aromatic carbocycles. The fraction of sp³-hybridized carbons (Fsp3) is 0.350. The van der Waals surface area contributed by atoms with Crippen LogP contribution in [0.3, 0.4) is 0 Å². The molecule has 1 atom stereocenters. The van der Waals surface area contributed by atoms with Crippen molar-refractivity contribution in [3.63, 3.8) is 0 Å². The zero-order valence-corrected chi connectivity index (χ0v) is 17.2. The van der Waals surface area contributed by atoms with Crippen LogP contribution in [0.5, 0.6) is 5.75 Å². The van der Waals surface area contributed by atoms with Crippen molar-refractivity contribution < 1.29 is 22.7 Å². The first-order valence-corrected chi connectivity index (χ1v) is 11.2. The number of morpholine rings is 1. The molecule has 2 aliphatic rings. The Morgan fingerprint density at radius 2 is 1.86 bits per heavy atom. The molecule has 1 unspecified atom stereocenters. The Bertz CT molecular complexity index is 1020. The number of sulfonamides is 1. The van der Waals surface area contributed by atoms with Gasteiger partial charge in [0.2, 0.25) is 10.0 Å². The standard InChI is InChI=1S/C20H21ClN2O5S/c21-16-6-5-14(13-19(16)29(25,26)23-8-11-27-12-9-23)20(24)22-17-7-10-28-18-4-2-1-3-15(17)18/h1-6,13,17H,7-12H2,(H,22,24). The molecular weight excluding hydrogens is 416 g/mol. The summed E-state index contributed by atoms with van der Waals surface area (Å²) in [6.45, 7) is 1.68. The first-order valence-electron chi connectivity index (χ1n) is 9.37. The number of nitrogens with one attached hydrogen (secondary N) is 1. The van der Waals surface area contributed by atoms with Gasteiger partial charge in [0.1, 0.15) is 10.6 Å². The van der Waals surface area contributed by atoms with Crippen LogP contribution in [-0.4, -0.2) is 51.5 Å².